The molecule has 5 atom stereocenters. The fourth-order valence-electron chi connectivity index (χ4n) is 6.83. The molecule has 1 aromatic rings. The SMILES string of the molecule is CN(C)[C@@H]1C(O)=C(C(N)=O)C(=O)[C@@]2(O)C(O)=C3C(=O)c4c(O)cc(CN[C@@H]5CCOC5)c(C(F)(F)F)c4C[C@H]3C[C@@H]12. The number of nitrogens with zero attached hydrogens (tertiary/aromatic N) is 1. The van der Waals surface area contributed by atoms with Gasteiger partial charge in [0.05, 0.1) is 23.8 Å². The second-order valence-electron chi connectivity index (χ2n) is 11.2. The molecule has 3 aliphatic carbocycles. The van der Waals surface area contributed by atoms with Crippen molar-refractivity contribution in [3.8, 4) is 5.75 Å². The second-order valence-corrected chi connectivity index (χ2v) is 11.2. The molecule has 41 heavy (non-hydrogen) atoms. The molecule has 0 radical (unpaired) electrons. The van der Waals surface area contributed by atoms with Gasteiger partial charge in [0.15, 0.2) is 11.4 Å². The van der Waals surface area contributed by atoms with Gasteiger partial charge in [0.2, 0.25) is 5.78 Å². The van der Waals surface area contributed by atoms with Crippen LogP contribution in [-0.4, -0.2) is 87.8 Å². The van der Waals surface area contributed by atoms with E-state index in [-0.39, 0.29) is 24.6 Å². The maximum Gasteiger partial charge on any atom is 0.417 e. The molecule has 4 aliphatic rings. The molecule has 0 aromatic heterocycles. The Morgan fingerprint density at radius 3 is 2.49 bits per heavy atom. The lowest BCUT2D eigenvalue weighted by Gasteiger charge is -2.50. The molecule has 1 fully saturated rings. The monoisotopic (exact) mass is 581 g/mol. The molecular formula is C27H30F3N3O8. The molecule has 0 saturated carbocycles. The van der Waals surface area contributed by atoms with Crippen molar-refractivity contribution in [1.82, 2.24) is 10.2 Å². The number of ketones is 2. The summed E-state index contributed by atoms with van der Waals surface area (Å²) in [6.45, 7) is 0.523. The largest absolute Gasteiger partial charge is 0.510 e. The number of carbonyl (C=O) groups excluding carboxylic acids is 3. The van der Waals surface area contributed by atoms with E-state index in [0.29, 0.717) is 19.6 Å². The van der Waals surface area contributed by atoms with E-state index in [9.17, 15) is 48.0 Å². The van der Waals surface area contributed by atoms with Crippen molar-refractivity contribution < 1.29 is 52.7 Å². The minimum absolute atomic E-state index is 0.184. The van der Waals surface area contributed by atoms with Gasteiger partial charge in [-0.05, 0) is 56.5 Å². The number of rotatable bonds is 5. The summed E-state index contributed by atoms with van der Waals surface area (Å²) in [7, 11) is 2.92. The number of carbonyl (C=O) groups is 3. The summed E-state index contributed by atoms with van der Waals surface area (Å²) >= 11 is 0. The summed E-state index contributed by atoms with van der Waals surface area (Å²) in [6.07, 6.45) is -5.09. The Balaban J connectivity index is 1.67. The number of phenols is 1. The van der Waals surface area contributed by atoms with Crippen molar-refractivity contribution in [1.29, 1.82) is 0 Å². The van der Waals surface area contributed by atoms with E-state index in [1.54, 1.807) is 0 Å². The molecule has 1 aromatic carbocycles. The first-order valence-electron chi connectivity index (χ1n) is 13.0. The number of ether oxygens (including phenoxy) is 1. The van der Waals surface area contributed by atoms with Crippen molar-refractivity contribution in [3.05, 3.63) is 51.0 Å². The van der Waals surface area contributed by atoms with E-state index in [1.165, 1.54) is 19.0 Å². The molecule has 0 unspecified atom stereocenters. The number of primary amides is 1. The lowest BCUT2D eigenvalue weighted by molar-refractivity contribution is -0.148. The van der Waals surface area contributed by atoms with Crippen LogP contribution < -0.4 is 11.1 Å². The highest BCUT2D eigenvalue weighted by Crippen LogP contribution is 2.53. The van der Waals surface area contributed by atoms with Gasteiger partial charge in [-0.15, -0.1) is 0 Å². The molecule has 1 saturated heterocycles. The number of alkyl halides is 3. The molecule has 0 spiro atoms. The maximum atomic E-state index is 14.5. The number of phenolic OH excluding ortho intramolecular Hbond substituents is 1. The van der Waals surface area contributed by atoms with Crippen LogP contribution in [0.3, 0.4) is 0 Å². The summed E-state index contributed by atoms with van der Waals surface area (Å²) < 4.78 is 48.9. The van der Waals surface area contributed by atoms with E-state index in [0.717, 1.165) is 6.07 Å². The molecule has 1 amide bonds. The van der Waals surface area contributed by atoms with Crippen LogP contribution in [-0.2, 0) is 33.5 Å². The minimum atomic E-state index is -4.91. The zero-order valence-corrected chi connectivity index (χ0v) is 22.2. The van der Waals surface area contributed by atoms with Gasteiger partial charge >= 0.3 is 6.18 Å². The third-order valence-corrected chi connectivity index (χ3v) is 8.60. The average Bonchev–Trinajstić information content (AvgIpc) is 3.37. The van der Waals surface area contributed by atoms with E-state index in [2.05, 4.69) is 5.32 Å². The van der Waals surface area contributed by atoms with Crippen molar-refractivity contribution in [3.63, 3.8) is 0 Å². The number of Topliss-reactive ketones (excluding diaryl/α,β-unsaturated/α-hetero) is 2. The van der Waals surface area contributed by atoms with Crippen LogP contribution in [0.2, 0.25) is 0 Å². The number of nitrogens with one attached hydrogen (secondary N) is 1. The van der Waals surface area contributed by atoms with Crippen LogP contribution in [0, 0.1) is 11.8 Å². The first kappa shape index (κ1) is 29.0. The molecule has 14 heteroatoms. The summed E-state index contributed by atoms with van der Waals surface area (Å²) in [5, 5.41) is 47.5. The fraction of sp³-hybridized carbons (Fsp3) is 0.519. The highest BCUT2D eigenvalue weighted by Gasteiger charge is 2.63. The topological polar surface area (TPSA) is 183 Å². The van der Waals surface area contributed by atoms with Crippen LogP contribution in [0.1, 0.15) is 39.9 Å². The van der Waals surface area contributed by atoms with Gasteiger partial charge < -0.3 is 36.2 Å². The number of aliphatic hydroxyl groups is 3. The highest BCUT2D eigenvalue weighted by molar-refractivity contribution is 6.24. The van der Waals surface area contributed by atoms with Crippen LogP contribution in [0.15, 0.2) is 28.7 Å². The number of fused-ring (bicyclic) bond motifs is 3. The van der Waals surface area contributed by atoms with Crippen LogP contribution in [0.25, 0.3) is 0 Å². The molecule has 222 valence electrons. The Morgan fingerprint density at radius 1 is 1.24 bits per heavy atom. The van der Waals surface area contributed by atoms with Crippen molar-refractivity contribution in [2.45, 2.75) is 49.7 Å². The van der Waals surface area contributed by atoms with Crippen LogP contribution in [0.5, 0.6) is 5.75 Å². The standard InChI is InChI=1S/C27H30F3N3O8/c1-33(2)20-14-6-10-5-13-17(15(34)7-11(19(13)27(28,29)30)8-32-12-3-4-41-9-12)21(35)16(10)23(37)26(14,40)24(38)18(22(20)36)25(31)39/h7,10,12,14,20,32,34,36-37,40H,3-6,8-9H2,1-2H3,(H2,31,39)/t10-,12+,14-,20-,26-/m0/s1. The van der Waals surface area contributed by atoms with Crippen molar-refractivity contribution in [2.24, 2.45) is 17.6 Å². The highest BCUT2D eigenvalue weighted by atomic mass is 19.4. The number of likely N-dealkylation sites (N-methyl/N-ethyl adjacent to an activating group) is 1. The Labute approximate surface area is 232 Å². The molecule has 0 bridgehead atoms. The fourth-order valence-corrected chi connectivity index (χ4v) is 6.83. The van der Waals surface area contributed by atoms with Gasteiger partial charge in [-0.1, -0.05) is 0 Å². The van der Waals surface area contributed by atoms with Gasteiger partial charge in [-0.3, -0.25) is 19.3 Å². The summed E-state index contributed by atoms with van der Waals surface area (Å²) in [5.74, 6) is -9.09. The number of hydrogen-bond acceptors (Lipinski definition) is 10. The van der Waals surface area contributed by atoms with Gasteiger partial charge in [-0.2, -0.15) is 13.2 Å². The molecule has 5 rings (SSSR count). The average molecular weight is 582 g/mol. The van der Waals surface area contributed by atoms with Crippen molar-refractivity contribution in [2.75, 3.05) is 27.3 Å². The summed E-state index contributed by atoms with van der Waals surface area (Å²) in [5.41, 5.74) is -1.59. The Morgan fingerprint density at radius 2 is 1.93 bits per heavy atom. The summed E-state index contributed by atoms with van der Waals surface area (Å²) in [6, 6.07) is -0.586. The Bertz CT molecular complexity index is 1410. The smallest absolute Gasteiger partial charge is 0.417 e. The zero-order chi connectivity index (χ0) is 30.2. The third kappa shape index (κ3) is 4.31. The lowest BCUT2D eigenvalue weighted by Crippen LogP contribution is -2.63. The Kier molecular flexibility index (Phi) is 6.96. The van der Waals surface area contributed by atoms with Gasteiger partial charge in [0.25, 0.3) is 5.91 Å². The Hall–Kier alpha value is -3.46. The van der Waals surface area contributed by atoms with E-state index in [4.69, 9.17) is 10.5 Å². The first-order chi connectivity index (χ1) is 19.1. The van der Waals surface area contributed by atoms with E-state index in [1.807, 2.05) is 0 Å². The first-order valence-corrected chi connectivity index (χ1v) is 13.0. The number of amides is 1. The lowest BCUT2D eigenvalue weighted by atomic mass is 9.58. The van der Waals surface area contributed by atoms with Gasteiger partial charge in [0.1, 0.15) is 22.8 Å². The predicted octanol–water partition coefficient (Wildman–Crippen LogP) is 1.02. The number of nitrogens with two attached hydrogens (primary N) is 1. The predicted molar refractivity (Wildman–Crippen MR) is 135 cm³/mol. The quantitative estimate of drug-likeness (QED) is 0.275. The molecule has 7 N–H and O–H groups in total. The molecule has 11 nitrogen and oxygen atoms in total. The number of aromatic hydroxyl groups is 1. The number of benzene rings is 1. The normalized spacial score (nSPS) is 30.0. The van der Waals surface area contributed by atoms with Gasteiger partial charge in [0, 0.05) is 30.7 Å². The van der Waals surface area contributed by atoms with E-state index < -0.39 is 98.7 Å². The maximum absolute atomic E-state index is 14.5. The molecule has 1 aliphatic heterocycles. The third-order valence-electron chi connectivity index (χ3n) is 8.60. The van der Waals surface area contributed by atoms with Gasteiger partial charge in [-0.25, -0.2) is 0 Å². The van der Waals surface area contributed by atoms with Crippen LogP contribution >= 0.6 is 0 Å². The second kappa shape index (κ2) is 9.82. The molecular weight excluding hydrogens is 551 g/mol. The minimum Gasteiger partial charge on any atom is -0.510 e. The zero-order valence-electron chi connectivity index (χ0n) is 22.2. The number of halogens is 3. The number of allylic oxidation sites excluding steroid dienone is 1. The van der Waals surface area contributed by atoms with Crippen LogP contribution in [0.4, 0.5) is 13.2 Å². The van der Waals surface area contributed by atoms with E-state index >= 15 is 0 Å². The molecule has 1 heterocycles. The summed E-state index contributed by atoms with van der Waals surface area (Å²) in [4.78, 5) is 40.4. The number of aliphatic hydroxyl groups excluding tert-OH is 2. The number of hydrogen-bond donors (Lipinski definition) is 6. The van der Waals surface area contributed by atoms with Crippen molar-refractivity contribution >= 4 is 17.5 Å².